The standard InChI is InChI=1S/C25H33N/c1-4-5-6-13-20-25(2,3)26(21-18-23-14-9-7-10-15-23)22-19-24-16-11-8-12-17-24/h7-12,14-19,21-22H,4-6,13,20H2,1-3H3/b21-18+,22-19+. The molecule has 0 radical (unpaired) electrons. The maximum Gasteiger partial charge on any atom is 0.0383 e. The SMILES string of the molecule is CCCCCCC(C)(C)N(/C=C/c1ccccc1)/C=C/c1ccccc1. The van der Waals surface area contributed by atoms with Crippen molar-refractivity contribution in [3.63, 3.8) is 0 Å². The van der Waals surface area contributed by atoms with Crippen molar-refractivity contribution < 1.29 is 0 Å². The lowest BCUT2D eigenvalue weighted by Gasteiger charge is -2.36. The van der Waals surface area contributed by atoms with E-state index in [4.69, 9.17) is 0 Å². The summed E-state index contributed by atoms with van der Waals surface area (Å²) in [5, 5.41) is 0. The van der Waals surface area contributed by atoms with Crippen LogP contribution in [0.3, 0.4) is 0 Å². The summed E-state index contributed by atoms with van der Waals surface area (Å²) in [4.78, 5) is 2.36. The minimum atomic E-state index is 0.0876. The van der Waals surface area contributed by atoms with Gasteiger partial charge >= 0.3 is 0 Å². The molecule has 0 unspecified atom stereocenters. The topological polar surface area (TPSA) is 3.24 Å². The van der Waals surface area contributed by atoms with Crippen molar-refractivity contribution >= 4 is 12.2 Å². The maximum absolute atomic E-state index is 2.36. The third-order valence-corrected chi connectivity index (χ3v) is 4.80. The molecule has 0 fully saturated rings. The van der Waals surface area contributed by atoms with Gasteiger partial charge in [0, 0.05) is 17.9 Å². The van der Waals surface area contributed by atoms with Gasteiger partial charge in [-0.15, -0.1) is 0 Å². The Morgan fingerprint density at radius 1 is 0.731 bits per heavy atom. The van der Waals surface area contributed by atoms with Gasteiger partial charge in [0.25, 0.3) is 0 Å². The number of hydrogen-bond acceptors (Lipinski definition) is 1. The molecule has 2 rings (SSSR count). The van der Waals surface area contributed by atoms with E-state index in [1.807, 2.05) is 0 Å². The van der Waals surface area contributed by atoms with Crippen LogP contribution in [0.15, 0.2) is 73.1 Å². The van der Waals surface area contributed by atoms with Gasteiger partial charge in [-0.2, -0.15) is 0 Å². The Morgan fingerprint density at radius 3 is 1.69 bits per heavy atom. The molecule has 0 aliphatic heterocycles. The summed E-state index contributed by atoms with van der Waals surface area (Å²) in [6, 6.07) is 21.0. The largest absolute Gasteiger partial charge is 0.349 e. The van der Waals surface area contributed by atoms with E-state index in [-0.39, 0.29) is 5.54 Å². The molecule has 0 amide bonds. The molecule has 2 aromatic rings. The minimum Gasteiger partial charge on any atom is -0.349 e. The van der Waals surface area contributed by atoms with Crippen LogP contribution in [0.2, 0.25) is 0 Å². The molecule has 0 N–H and O–H groups in total. The fourth-order valence-electron chi connectivity index (χ4n) is 3.03. The zero-order valence-corrected chi connectivity index (χ0v) is 16.6. The van der Waals surface area contributed by atoms with Crippen LogP contribution in [-0.4, -0.2) is 10.4 Å². The van der Waals surface area contributed by atoms with Crippen molar-refractivity contribution in [2.45, 2.75) is 58.4 Å². The van der Waals surface area contributed by atoms with Crippen LogP contribution in [0.1, 0.15) is 64.0 Å². The molecule has 0 heterocycles. The summed E-state index contributed by atoms with van der Waals surface area (Å²) in [5.41, 5.74) is 2.55. The van der Waals surface area contributed by atoms with E-state index >= 15 is 0 Å². The number of nitrogens with zero attached hydrogens (tertiary/aromatic N) is 1. The quantitative estimate of drug-likeness (QED) is 0.405. The summed E-state index contributed by atoms with van der Waals surface area (Å²) >= 11 is 0. The van der Waals surface area contributed by atoms with Crippen LogP contribution in [0, 0.1) is 0 Å². The second-order valence-electron chi connectivity index (χ2n) is 7.48. The average molecular weight is 348 g/mol. The summed E-state index contributed by atoms with van der Waals surface area (Å²) in [5.74, 6) is 0. The molecule has 138 valence electrons. The van der Waals surface area contributed by atoms with Crippen LogP contribution >= 0.6 is 0 Å². The van der Waals surface area contributed by atoms with E-state index < -0.39 is 0 Å². The van der Waals surface area contributed by atoms with Gasteiger partial charge in [0.2, 0.25) is 0 Å². The first-order chi connectivity index (χ1) is 12.6. The van der Waals surface area contributed by atoms with Crippen LogP contribution in [0.4, 0.5) is 0 Å². The Kier molecular flexibility index (Phi) is 8.21. The normalized spacial score (nSPS) is 12.1. The molecule has 1 heteroatoms. The predicted octanol–water partition coefficient (Wildman–Crippen LogP) is 7.38. The molecular weight excluding hydrogens is 314 g/mol. The maximum atomic E-state index is 2.36. The third-order valence-electron chi connectivity index (χ3n) is 4.80. The van der Waals surface area contributed by atoms with Crippen LogP contribution in [0.25, 0.3) is 12.2 Å². The van der Waals surface area contributed by atoms with Crippen molar-refractivity contribution in [1.29, 1.82) is 0 Å². The summed E-state index contributed by atoms with van der Waals surface area (Å²) < 4.78 is 0. The Morgan fingerprint density at radius 2 is 1.23 bits per heavy atom. The highest BCUT2D eigenvalue weighted by Crippen LogP contribution is 2.24. The van der Waals surface area contributed by atoms with E-state index in [1.165, 1.54) is 43.2 Å². The van der Waals surface area contributed by atoms with Gasteiger partial charge in [-0.1, -0.05) is 93.3 Å². The fourth-order valence-corrected chi connectivity index (χ4v) is 3.03. The van der Waals surface area contributed by atoms with Gasteiger partial charge in [0.1, 0.15) is 0 Å². The lowest BCUT2D eigenvalue weighted by Crippen LogP contribution is -2.36. The first-order valence-electron chi connectivity index (χ1n) is 9.87. The second-order valence-corrected chi connectivity index (χ2v) is 7.48. The van der Waals surface area contributed by atoms with Crippen LogP contribution in [-0.2, 0) is 0 Å². The lowest BCUT2D eigenvalue weighted by molar-refractivity contribution is 0.231. The Balaban J connectivity index is 2.14. The highest BCUT2D eigenvalue weighted by molar-refractivity contribution is 5.51. The van der Waals surface area contributed by atoms with Gasteiger partial charge in [-0.05, 0) is 43.5 Å². The van der Waals surface area contributed by atoms with Gasteiger partial charge in [0.15, 0.2) is 0 Å². The molecule has 1 nitrogen and oxygen atoms in total. The molecular formula is C25H33N. The molecule has 2 aromatic carbocycles. The minimum absolute atomic E-state index is 0.0876. The molecule has 26 heavy (non-hydrogen) atoms. The number of hydrogen-bond donors (Lipinski definition) is 0. The third kappa shape index (κ3) is 6.92. The van der Waals surface area contributed by atoms with Crippen molar-refractivity contribution in [3.8, 4) is 0 Å². The molecule has 0 atom stereocenters. The number of benzene rings is 2. The van der Waals surface area contributed by atoms with Gasteiger partial charge in [-0.3, -0.25) is 0 Å². The zero-order valence-electron chi connectivity index (χ0n) is 16.6. The Hall–Kier alpha value is -2.28. The van der Waals surface area contributed by atoms with Crippen molar-refractivity contribution in [1.82, 2.24) is 4.90 Å². The number of rotatable bonds is 10. The Labute approximate surface area is 160 Å². The predicted molar refractivity (Wildman–Crippen MR) is 116 cm³/mol. The van der Waals surface area contributed by atoms with Gasteiger partial charge < -0.3 is 4.90 Å². The van der Waals surface area contributed by atoms with Crippen molar-refractivity contribution in [2.24, 2.45) is 0 Å². The summed E-state index contributed by atoms with van der Waals surface area (Å²) in [6.07, 6.45) is 15.2. The fraction of sp³-hybridized carbons (Fsp3) is 0.360. The second kappa shape index (κ2) is 10.7. The van der Waals surface area contributed by atoms with E-state index in [9.17, 15) is 0 Å². The van der Waals surface area contributed by atoms with E-state index in [0.717, 1.165) is 0 Å². The van der Waals surface area contributed by atoms with Crippen molar-refractivity contribution in [3.05, 3.63) is 84.2 Å². The smallest absolute Gasteiger partial charge is 0.0383 e. The molecule has 0 aromatic heterocycles. The van der Waals surface area contributed by atoms with E-state index in [2.05, 4.69) is 111 Å². The first-order valence-corrected chi connectivity index (χ1v) is 9.87. The average Bonchev–Trinajstić information content (AvgIpc) is 2.66. The molecule has 0 saturated carbocycles. The highest BCUT2D eigenvalue weighted by Gasteiger charge is 2.22. The van der Waals surface area contributed by atoms with Gasteiger partial charge in [0.05, 0.1) is 0 Å². The summed E-state index contributed by atoms with van der Waals surface area (Å²) in [7, 11) is 0. The molecule has 0 spiro atoms. The zero-order chi connectivity index (χ0) is 18.7. The monoisotopic (exact) mass is 347 g/mol. The van der Waals surface area contributed by atoms with Crippen molar-refractivity contribution in [2.75, 3.05) is 0 Å². The van der Waals surface area contributed by atoms with Crippen LogP contribution < -0.4 is 0 Å². The highest BCUT2D eigenvalue weighted by atomic mass is 15.2. The molecule has 0 aliphatic rings. The summed E-state index contributed by atoms with van der Waals surface area (Å²) in [6.45, 7) is 6.94. The van der Waals surface area contributed by atoms with Crippen LogP contribution in [0.5, 0.6) is 0 Å². The lowest BCUT2D eigenvalue weighted by atomic mass is 9.94. The molecule has 0 aliphatic carbocycles. The molecule has 0 bridgehead atoms. The first kappa shape index (κ1) is 20.0. The number of unbranched alkanes of at least 4 members (excludes halogenated alkanes) is 3. The van der Waals surface area contributed by atoms with E-state index in [0.29, 0.717) is 0 Å². The van der Waals surface area contributed by atoms with Gasteiger partial charge in [-0.25, -0.2) is 0 Å². The molecule has 0 saturated heterocycles. The van der Waals surface area contributed by atoms with E-state index in [1.54, 1.807) is 0 Å². The Bertz CT molecular complexity index is 618.